The zero-order chi connectivity index (χ0) is 15.3. The molecular formula is C19H31NO. The molecule has 2 heteroatoms. The number of aliphatic hydroxyl groups is 1. The summed E-state index contributed by atoms with van der Waals surface area (Å²) in [6.45, 7) is 8.50. The topological polar surface area (TPSA) is 32.3 Å². The molecule has 118 valence electrons. The molecular weight excluding hydrogens is 258 g/mol. The zero-order valence-corrected chi connectivity index (χ0v) is 13.9. The Morgan fingerprint density at radius 1 is 1.14 bits per heavy atom. The van der Waals surface area contributed by atoms with Gasteiger partial charge in [0.25, 0.3) is 0 Å². The van der Waals surface area contributed by atoms with Gasteiger partial charge in [-0.3, -0.25) is 0 Å². The molecule has 0 heterocycles. The quantitative estimate of drug-likeness (QED) is 0.792. The lowest BCUT2D eigenvalue weighted by Crippen LogP contribution is -2.32. The Bertz CT molecular complexity index is 418. The standard InChI is InChI=1S/C19H31NO/c1-15(2)12-16-6-8-17(9-7-16)18(21)13-20-14-19(3)10-4-5-11-19/h6-9,15,18,20-21H,4-5,10-14H2,1-3H3. The summed E-state index contributed by atoms with van der Waals surface area (Å²) in [6.07, 6.45) is 6.06. The minimum Gasteiger partial charge on any atom is -0.387 e. The summed E-state index contributed by atoms with van der Waals surface area (Å²) in [5.41, 5.74) is 2.82. The Hall–Kier alpha value is -0.860. The average molecular weight is 289 g/mol. The molecule has 1 atom stereocenters. The van der Waals surface area contributed by atoms with Crippen molar-refractivity contribution in [1.82, 2.24) is 5.32 Å². The van der Waals surface area contributed by atoms with Gasteiger partial charge in [-0.25, -0.2) is 0 Å². The van der Waals surface area contributed by atoms with Crippen LogP contribution in [-0.4, -0.2) is 18.2 Å². The summed E-state index contributed by atoms with van der Waals surface area (Å²) in [4.78, 5) is 0. The third-order valence-electron chi connectivity index (χ3n) is 4.71. The summed E-state index contributed by atoms with van der Waals surface area (Å²) in [5.74, 6) is 0.676. The Balaban J connectivity index is 1.78. The van der Waals surface area contributed by atoms with E-state index in [1.807, 2.05) is 0 Å². The van der Waals surface area contributed by atoms with E-state index < -0.39 is 6.10 Å². The minimum atomic E-state index is -0.400. The van der Waals surface area contributed by atoms with Crippen LogP contribution >= 0.6 is 0 Å². The highest BCUT2D eigenvalue weighted by molar-refractivity contribution is 5.24. The van der Waals surface area contributed by atoms with E-state index in [0.29, 0.717) is 17.9 Å². The smallest absolute Gasteiger partial charge is 0.0914 e. The van der Waals surface area contributed by atoms with Crippen LogP contribution in [0.25, 0.3) is 0 Å². The first-order valence-corrected chi connectivity index (χ1v) is 8.46. The van der Waals surface area contributed by atoms with Gasteiger partial charge in [0, 0.05) is 13.1 Å². The summed E-state index contributed by atoms with van der Waals surface area (Å²) in [7, 11) is 0. The molecule has 1 aromatic rings. The van der Waals surface area contributed by atoms with Crippen molar-refractivity contribution in [3.8, 4) is 0 Å². The third-order valence-corrected chi connectivity index (χ3v) is 4.71. The number of hydrogen-bond acceptors (Lipinski definition) is 2. The van der Waals surface area contributed by atoms with Crippen molar-refractivity contribution < 1.29 is 5.11 Å². The molecule has 0 saturated heterocycles. The Labute approximate surface area is 130 Å². The first-order valence-electron chi connectivity index (χ1n) is 8.46. The Morgan fingerprint density at radius 3 is 2.33 bits per heavy atom. The molecule has 1 aromatic carbocycles. The second-order valence-corrected chi connectivity index (χ2v) is 7.50. The van der Waals surface area contributed by atoms with Crippen molar-refractivity contribution in [3.63, 3.8) is 0 Å². The van der Waals surface area contributed by atoms with Crippen LogP contribution in [0.2, 0.25) is 0 Å². The van der Waals surface area contributed by atoms with E-state index in [1.165, 1.54) is 31.2 Å². The maximum absolute atomic E-state index is 10.3. The minimum absolute atomic E-state index is 0.400. The fourth-order valence-electron chi connectivity index (χ4n) is 3.38. The summed E-state index contributed by atoms with van der Waals surface area (Å²) >= 11 is 0. The molecule has 0 aromatic heterocycles. The highest BCUT2D eigenvalue weighted by atomic mass is 16.3. The van der Waals surface area contributed by atoms with Crippen LogP contribution in [0.3, 0.4) is 0 Å². The van der Waals surface area contributed by atoms with Crippen LogP contribution in [0.15, 0.2) is 24.3 Å². The van der Waals surface area contributed by atoms with Crippen LogP contribution in [0.1, 0.15) is 63.7 Å². The van der Waals surface area contributed by atoms with Gasteiger partial charge >= 0.3 is 0 Å². The Kier molecular flexibility index (Phi) is 5.83. The van der Waals surface area contributed by atoms with E-state index in [1.54, 1.807) is 0 Å². The lowest BCUT2D eigenvalue weighted by molar-refractivity contribution is 0.167. The number of rotatable bonds is 7. The molecule has 0 aliphatic heterocycles. The van der Waals surface area contributed by atoms with Crippen LogP contribution in [0.4, 0.5) is 0 Å². The molecule has 0 spiro atoms. The van der Waals surface area contributed by atoms with E-state index in [-0.39, 0.29) is 0 Å². The van der Waals surface area contributed by atoms with Crippen molar-refractivity contribution in [2.24, 2.45) is 11.3 Å². The van der Waals surface area contributed by atoms with E-state index in [9.17, 15) is 5.11 Å². The lowest BCUT2D eigenvalue weighted by Gasteiger charge is -2.24. The van der Waals surface area contributed by atoms with Gasteiger partial charge in [-0.2, -0.15) is 0 Å². The maximum atomic E-state index is 10.3. The van der Waals surface area contributed by atoms with Crippen LogP contribution < -0.4 is 5.32 Å². The number of hydrogen-bond donors (Lipinski definition) is 2. The van der Waals surface area contributed by atoms with Gasteiger partial charge in [-0.15, -0.1) is 0 Å². The number of nitrogens with one attached hydrogen (secondary N) is 1. The maximum Gasteiger partial charge on any atom is 0.0914 e. The van der Waals surface area contributed by atoms with Crippen molar-refractivity contribution in [2.75, 3.05) is 13.1 Å². The third kappa shape index (κ3) is 5.12. The molecule has 0 bridgehead atoms. The largest absolute Gasteiger partial charge is 0.387 e. The molecule has 2 nitrogen and oxygen atoms in total. The summed E-state index contributed by atoms with van der Waals surface area (Å²) in [5, 5.41) is 13.8. The van der Waals surface area contributed by atoms with Gasteiger partial charge in [0.1, 0.15) is 0 Å². The molecule has 2 rings (SSSR count). The summed E-state index contributed by atoms with van der Waals surface area (Å²) < 4.78 is 0. The first kappa shape index (κ1) is 16.5. The van der Waals surface area contributed by atoms with Gasteiger partial charge in [0.05, 0.1) is 6.10 Å². The monoisotopic (exact) mass is 289 g/mol. The highest BCUT2D eigenvalue weighted by Crippen LogP contribution is 2.36. The van der Waals surface area contributed by atoms with Gasteiger partial charge in [0.2, 0.25) is 0 Å². The van der Waals surface area contributed by atoms with Crippen LogP contribution in [-0.2, 0) is 6.42 Å². The van der Waals surface area contributed by atoms with Crippen LogP contribution in [0, 0.1) is 11.3 Å². The second kappa shape index (κ2) is 7.42. The van der Waals surface area contributed by atoms with Crippen molar-refractivity contribution in [1.29, 1.82) is 0 Å². The second-order valence-electron chi connectivity index (χ2n) is 7.50. The summed E-state index contributed by atoms with van der Waals surface area (Å²) in [6, 6.07) is 8.44. The predicted octanol–water partition coefficient (Wildman–Crippen LogP) is 4.09. The molecule has 2 N–H and O–H groups in total. The lowest BCUT2D eigenvalue weighted by atomic mass is 9.89. The van der Waals surface area contributed by atoms with Gasteiger partial charge < -0.3 is 10.4 Å². The fraction of sp³-hybridized carbons (Fsp3) is 0.684. The molecule has 0 radical (unpaired) electrons. The SMILES string of the molecule is CC(C)Cc1ccc(C(O)CNCC2(C)CCCC2)cc1. The Morgan fingerprint density at radius 2 is 1.76 bits per heavy atom. The van der Waals surface area contributed by atoms with Crippen molar-refractivity contribution in [3.05, 3.63) is 35.4 Å². The zero-order valence-electron chi connectivity index (χ0n) is 13.9. The van der Waals surface area contributed by atoms with Gasteiger partial charge in [0.15, 0.2) is 0 Å². The average Bonchev–Trinajstić information content (AvgIpc) is 2.86. The molecule has 1 saturated carbocycles. The number of aliphatic hydroxyl groups excluding tert-OH is 1. The molecule has 0 amide bonds. The predicted molar refractivity (Wildman–Crippen MR) is 89.4 cm³/mol. The van der Waals surface area contributed by atoms with Gasteiger partial charge in [-0.05, 0) is 41.7 Å². The molecule has 21 heavy (non-hydrogen) atoms. The molecule has 1 unspecified atom stereocenters. The normalized spacial score (nSPS) is 19.1. The van der Waals surface area contributed by atoms with E-state index in [0.717, 1.165) is 18.5 Å². The highest BCUT2D eigenvalue weighted by Gasteiger charge is 2.28. The van der Waals surface area contributed by atoms with Crippen LogP contribution in [0.5, 0.6) is 0 Å². The molecule has 1 fully saturated rings. The van der Waals surface area contributed by atoms with Crippen molar-refractivity contribution >= 4 is 0 Å². The fourth-order valence-corrected chi connectivity index (χ4v) is 3.38. The van der Waals surface area contributed by atoms with Gasteiger partial charge in [-0.1, -0.05) is 57.9 Å². The molecule has 1 aliphatic carbocycles. The van der Waals surface area contributed by atoms with Crippen molar-refractivity contribution in [2.45, 2.75) is 59.0 Å². The first-order chi connectivity index (χ1) is 9.98. The van der Waals surface area contributed by atoms with E-state index >= 15 is 0 Å². The molecule has 1 aliphatic rings. The van der Waals surface area contributed by atoms with E-state index in [4.69, 9.17) is 0 Å². The number of benzene rings is 1. The van der Waals surface area contributed by atoms with E-state index in [2.05, 4.69) is 50.4 Å².